The van der Waals surface area contributed by atoms with Gasteiger partial charge in [-0.1, -0.05) is 42.4 Å². The summed E-state index contributed by atoms with van der Waals surface area (Å²) in [6, 6.07) is 12.4. The summed E-state index contributed by atoms with van der Waals surface area (Å²) in [4.78, 5) is 20.4. The van der Waals surface area contributed by atoms with Gasteiger partial charge in [0.25, 0.3) is 0 Å². The van der Waals surface area contributed by atoms with Crippen LogP contribution < -0.4 is 4.90 Å². The van der Waals surface area contributed by atoms with E-state index >= 15 is 0 Å². The summed E-state index contributed by atoms with van der Waals surface area (Å²) in [5, 5.41) is 1.09. The fourth-order valence-electron chi connectivity index (χ4n) is 2.98. The molecule has 1 saturated heterocycles. The number of nitrogens with zero attached hydrogens (tertiary/aromatic N) is 3. The van der Waals surface area contributed by atoms with Crippen LogP contribution in [0.1, 0.15) is 19.4 Å². The van der Waals surface area contributed by atoms with Gasteiger partial charge in [0, 0.05) is 24.7 Å². The zero-order valence-corrected chi connectivity index (χ0v) is 18.2. The lowest BCUT2D eigenvalue weighted by Gasteiger charge is -2.33. The predicted octanol–water partition coefficient (Wildman–Crippen LogP) is 5.51. The van der Waals surface area contributed by atoms with Crippen LogP contribution in [0.15, 0.2) is 47.5 Å². The number of amidine groups is 1. The van der Waals surface area contributed by atoms with Gasteiger partial charge in [-0.05, 0) is 42.3 Å². The van der Waals surface area contributed by atoms with E-state index in [4.69, 9.17) is 11.6 Å². The van der Waals surface area contributed by atoms with Gasteiger partial charge in [-0.2, -0.15) is 0 Å². The van der Waals surface area contributed by atoms with Crippen molar-refractivity contribution >= 4 is 58.2 Å². The molecule has 1 atom stereocenters. The number of halogens is 3. The molecule has 3 rings (SSSR count). The molecule has 0 spiro atoms. The van der Waals surface area contributed by atoms with Crippen LogP contribution in [-0.4, -0.2) is 34.9 Å². The molecule has 1 aliphatic heterocycles. The van der Waals surface area contributed by atoms with Gasteiger partial charge in [-0.15, -0.1) is 12.4 Å². The largest absolute Gasteiger partial charge is 0.333 e. The van der Waals surface area contributed by atoms with Crippen molar-refractivity contribution in [2.24, 2.45) is 4.99 Å². The molecule has 0 bridgehead atoms. The van der Waals surface area contributed by atoms with E-state index < -0.39 is 5.82 Å². The molecule has 0 aliphatic carbocycles. The van der Waals surface area contributed by atoms with Crippen molar-refractivity contribution in [3.63, 3.8) is 0 Å². The van der Waals surface area contributed by atoms with Crippen LogP contribution in [0.3, 0.4) is 0 Å². The number of hydrogen-bond donors (Lipinski definition) is 0. The third-order valence-corrected chi connectivity index (χ3v) is 5.82. The predicted molar refractivity (Wildman–Crippen MR) is 119 cm³/mol. The minimum atomic E-state index is -0.517. The molecule has 4 nitrogen and oxygen atoms in total. The molecule has 28 heavy (non-hydrogen) atoms. The molecule has 1 fully saturated rings. The van der Waals surface area contributed by atoms with E-state index in [-0.39, 0.29) is 30.2 Å². The van der Waals surface area contributed by atoms with Gasteiger partial charge < -0.3 is 4.90 Å². The molecule has 2 aromatic rings. The van der Waals surface area contributed by atoms with Crippen molar-refractivity contribution in [1.82, 2.24) is 4.90 Å². The highest BCUT2D eigenvalue weighted by Crippen LogP contribution is 2.32. The van der Waals surface area contributed by atoms with Crippen LogP contribution >= 0.6 is 35.8 Å². The van der Waals surface area contributed by atoms with Crippen LogP contribution in [0.5, 0.6) is 0 Å². The molecule has 0 aromatic heterocycles. The maximum Gasteiger partial charge on any atom is 0.225 e. The minimum Gasteiger partial charge on any atom is -0.333 e. The highest BCUT2D eigenvalue weighted by molar-refractivity contribution is 8.14. The number of carbonyl (C=O) groups is 1. The van der Waals surface area contributed by atoms with Crippen LogP contribution in [0.4, 0.5) is 15.8 Å². The molecule has 1 aliphatic rings. The number of amides is 1. The molecule has 8 heteroatoms. The summed E-state index contributed by atoms with van der Waals surface area (Å²) in [5.74, 6) is -0.150. The first-order valence-corrected chi connectivity index (χ1v) is 10.0. The Bertz CT molecular complexity index is 876. The van der Waals surface area contributed by atoms with Gasteiger partial charge in [0.15, 0.2) is 5.17 Å². The Labute approximate surface area is 180 Å². The summed E-state index contributed by atoms with van der Waals surface area (Å²) in [6.07, 6.45) is 0.658. The summed E-state index contributed by atoms with van der Waals surface area (Å²) < 4.78 is 14.4. The number of carbonyl (C=O) groups excluding carboxylic acids is 1. The first kappa shape index (κ1) is 22.5. The third kappa shape index (κ3) is 4.80. The highest BCUT2D eigenvalue weighted by Gasteiger charge is 2.35. The van der Waals surface area contributed by atoms with E-state index in [0.29, 0.717) is 10.8 Å². The smallest absolute Gasteiger partial charge is 0.225 e. The number of thioether (sulfide) groups is 1. The van der Waals surface area contributed by atoms with E-state index in [1.807, 2.05) is 24.1 Å². The van der Waals surface area contributed by atoms with Gasteiger partial charge in [0.05, 0.1) is 11.4 Å². The zero-order chi connectivity index (χ0) is 19.6. The number of rotatable bonds is 4. The second kappa shape index (κ2) is 9.63. The van der Waals surface area contributed by atoms with Crippen molar-refractivity contribution < 1.29 is 9.18 Å². The Hall–Kier alpha value is -1.76. The van der Waals surface area contributed by atoms with Gasteiger partial charge in [0.1, 0.15) is 12.0 Å². The minimum absolute atomic E-state index is 0. The Morgan fingerprint density at radius 1 is 1.32 bits per heavy atom. The number of aryl methyl sites for hydroxylation is 1. The second-order valence-corrected chi connectivity index (χ2v) is 7.73. The Kier molecular flexibility index (Phi) is 7.75. The van der Waals surface area contributed by atoms with Crippen LogP contribution in [-0.2, 0) is 11.2 Å². The summed E-state index contributed by atoms with van der Waals surface area (Å²) in [6.45, 7) is 3.55. The molecule has 0 N–H and O–H groups in total. The highest BCUT2D eigenvalue weighted by atomic mass is 35.5. The SMILES string of the molecule is CCc1ccc(N=C2SCC(N(C(C)=O)c3ccc(Cl)cc3F)N2C)cc1.Cl. The topological polar surface area (TPSA) is 35.9 Å². The fraction of sp³-hybridized carbons (Fsp3) is 0.300. The number of anilines is 1. The summed E-state index contributed by atoms with van der Waals surface area (Å²) >= 11 is 7.39. The molecule has 1 unspecified atom stereocenters. The Balaban J connectivity index is 0.00000280. The van der Waals surface area contributed by atoms with Gasteiger partial charge in [-0.25, -0.2) is 9.38 Å². The van der Waals surface area contributed by atoms with Gasteiger partial charge in [0.2, 0.25) is 5.91 Å². The number of benzene rings is 2. The van der Waals surface area contributed by atoms with E-state index in [9.17, 15) is 9.18 Å². The van der Waals surface area contributed by atoms with Crippen molar-refractivity contribution in [2.45, 2.75) is 26.4 Å². The first-order chi connectivity index (χ1) is 12.9. The number of hydrogen-bond acceptors (Lipinski definition) is 3. The van der Waals surface area contributed by atoms with Crippen molar-refractivity contribution in [3.05, 3.63) is 58.9 Å². The van der Waals surface area contributed by atoms with E-state index in [1.54, 1.807) is 17.8 Å². The molecular formula is C20H22Cl2FN3OS. The van der Waals surface area contributed by atoms with Crippen LogP contribution in [0.2, 0.25) is 5.02 Å². The zero-order valence-electron chi connectivity index (χ0n) is 15.9. The van der Waals surface area contributed by atoms with E-state index in [1.165, 1.54) is 29.5 Å². The maximum absolute atomic E-state index is 14.4. The molecule has 0 saturated carbocycles. The van der Waals surface area contributed by atoms with Crippen molar-refractivity contribution in [3.8, 4) is 0 Å². The third-order valence-electron chi connectivity index (χ3n) is 4.49. The lowest BCUT2D eigenvalue weighted by atomic mass is 10.2. The summed E-state index contributed by atoms with van der Waals surface area (Å²) in [5.41, 5.74) is 2.33. The average Bonchev–Trinajstić information content (AvgIpc) is 2.98. The normalized spacial score (nSPS) is 17.5. The second-order valence-electron chi connectivity index (χ2n) is 6.30. The maximum atomic E-state index is 14.4. The quantitative estimate of drug-likeness (QED) is 0.627. The van der Waals surface area contributed by atoms with Crippen molar-refractivity contribution in [2.75, 3.05) is 17.7 Å². The average molecular weight is 442 g/mol. The van der Waals surface area contributed by atoms with Crippen LogP contribution in [0, 0.1) is 5.82 Å². The molecule has 1 amide bonds. The molecule has 0 radical (unpaired) electrons. The Morgan fingerprint density at radius 2 is 2.00 bits per heavy atom. The molecular weight excluding hydrogens is 420 g/mol. The van der Waals surface area contributed by atoms with Gasteiger partial charge in [-0.3, -0.25) is 9.69 Å². The fourth-order valence-corrected chi connectivity index (χ4v) is 4.31. The monoisotopic (exact) mass is 441 g/mol. The summed E-state index contributed by atoms with van der Waals surface area (Å²) in [7, 11) is 1.87. The van der Waals surface area contributed by atoms with Gasteiger partial charge >= 0.3 is 0 Å². The first-order valence-electron chi connectivity index (χ1n) is 8.68. The standard InChI is InChI=1S/C20H21ClFN3OS.ClH/c1-4-14-5-8-16(9-6-14)23-20-24(3)19(12-27-20)25(13(2)26)18-10-7-15(21)11-17(18)22;/h5-11,19H,4,12H2,1-3H3;1H. The van der Waals surface area contributed by atoms with Crippen LogP contribution in [0.25, 0.3) is 0 Å². The van der Waals surface area contributed by atoms with E-state index in [0.717, 1.165) is 17.3 Å². The lowest BCUT2D eigenvalue weighted by Crippen LogP contribution is -2.48. The molecule has 1 heterocycles. The Morgan fingerprint density at radius 3 is 2.57 bits per heavy atom. The lowest BCUT2D eigenvalue weighted by molar-refractivity contribution is -0.117. The molecule has 150 valence electrons. The molecule has 2 aromatic carbocycles. The number of aliphatic imine (C=N–C) groups is 1. The van der Waals surface area contributed by atoms with Crippen molar-refractivity contribution in [1.29, 1.82) is 0 Å². The van der Waals surface area contributed by atoms with E-state index in [2.05, 4.69) is 24.0 Å².